The van der Waals surface area contributed by atoms with Gasteiger partial charge in [-0.25, -0.2) is 4.39 Å². The number of nitrogen functional groups attached to an aromatic ring is 1. The van der Waals surface area contributed by atoms with Gasteiger partial charge in [-0.3, -0.25) is 9.59 Å². The van der Waals surface area contributed by atoms with Crippen LogP contribution in [0.2, 0.25) is 0 Å². The monoisotopic (exact) mass is 409 g/mol. The third kappa shape index (κ3) is 4.83. The minimum atomic E-state index is -0.696. The van der Waals surface area contributed by atoms with Gasteiger partial charge in [0.25, 0.3) is 5.91 Å². The van der Waals surface area contributed by atoms with E-state index >= 15 is 0 Å². The van der Waals surface area contributed by atoms with Crippen LogP contribution in [0.5, 0.6) is 11.5 Å². The van der Waals surface area contributed by atoms with Gasteiger partial charge in [0.05, 0.1) is 17.1 Å². The molecule has 0 unspecified atom stereocenters. The number of hydrogen-bond donors (Lipinski definition) is 3. The van der Waals surface area contributed by atoms with Crippen molar-refractivity contribution in [3.8, 4) is 11.5 Å². The minimum Gasteiger partial charge on any atom is -0.454 e. The first-order chi connectivity index (χ1) is 12.8. The van der Waals surface area contributed by atoms with Crippen molar-refractivity contribution in [3.05, 3.63) is 41.7 Å². The summed E-state index contributed by atoms with van der Waals surface area (Å²) in [6.07, 6.45) is 0.283. The number of amides is 2. The number of halogens is 2. The van der Waals surface area contributed by atoms with Crippen molar-refractivity contribution < 1.29 is 23.5 Å². The molecule has 0 fully saturated rings. The van der Waals surface area contributed by atoms with Gasteiger partial charge in [-0.05, 0) is 24.1 Å². The molecule has 28 heavy (non-hydrogen) atoms. The number of fused-ring (bicyclic) bond motifs is 1. The van der Waals surface area contributed by atoms with Crippen molar-refractivity contribution in [1.82, 2.24) is 0 Å². The van der Waals surface area contributed by atoms with Crippen molar-refractivity contribution in [3.63, 3.8) is 0 Å². The highest BCUT2D eigenvalue weighted by Crippen LogP contribution is 2.38. The fourth-order valence-corrected chi connectivity index (χ4v) is 2.59. The maximum atomic E-state index is 14.3. The summed E-state index contributed by atoms with van der Waals surface area (Å²) in [6, 6.07) is 6.93. The SMILES string of the molecule is CC(C)CC(=O)Nc1ccc(C(=O)Nc2cc3c(cc2N)OCO3)cc1F.Cl. The second kappa shape index (κ2) is 8.79. The van der Waals surface area contributed by atoms with E-state index in [2.05, 4.69) is 10.6 Å². The van der Waals surface area contributed by atoms with Crippen LogP contribution in [0.4, 0.5) is 21.5 Å². The molecular weight excluding hydrogens is 389 g/mol. The van der Waals surface area contributed by atoms with Crippen molar-refractivity contribution in [1.29, 1.82) is 0 Å². The van der Waals surface area contributed by atoms with Gasteiger partial charge in [0.15, 0.2) is 11.5 Å². The Labute approximate surface area is 167 Å². The van der Waals surface area contributed by atoms with Gasteiger partial charge in [0, 0.05) is 24.1 Å². The number of nitrogens with two attached hydrogens (primary N) is 1. The normalized spacial score (nSPS) is 11.7. The lowest BCUT2D eigenvalue weighted by Gasteiger charge is -2.11. The van der Waals surface area contributed by atoms with Gasteiger partial charge >= 0.3 is 0 Å². The van der Waals surface area contributed by atoms with E-state index in [0.717, 1.165) is 6.07 Å². The maximum Gasteiger partial charge on any atom is 0.255 e. The Balaban J connectivity index is 0.00000280. The van der Waals surface area contributed by atoms with E-state index in [9.17, 15) is 14.0 Å². The fraction of sp³-hybridized carbons (Fsp3) is 0.263. The van der Waals surface area contributed by atoms with Crippen LogP contribution in [0.15, 0.2) is 30.3 Å². The summed E-state index contributed by atoms with van der Waals surface area (Å²) < 4.78 is 24.7. The third-order valence-electron chi connectivity index (χ3n) is 3.89. The van der Waals surface area contributed by atoms with Crippen LogP contribution in [-0.4, -0.2) is 18.6 Å². The Morgan fingerprint density at radius 3 is 2.43 bits per heavy atom. The number of benzene rings is 2. The van der Waals surface area contributed by atoms with Crippen molar-refractivity contribution in [2.75, 3.05) is 23.2 Å². The van der Waals surface area contributed by atoms with Gasteiger partial charge in [-0.2, -0.15) is 0 Å². The number of anilines is 3. The lowest BCUT2D eigenvalue weighted by Crippen LogP contribution is -2.16. The van der Waals surface area contributed by atoms with Gasteiger partial charge in [0.2, 0.25) is 12.7 Å². The van der Waals surface area contributed by atoms with Crippen LogP contribution in [0, 0.1) is 11.7 Å². The smallest absolute Gasteiger partial charge is 0.255 e. The Morgan fingerprint density at radius 2 is 1.79 bits per heavy atom. The van der Waals surface area contributed by atoms with Crippen molar-refractivity contribution in [2.45, 2.75) is 20.3 Å². The van der Waals surface area contributed by atoms with E-state index in [1.54, 1.807) is 12.1 Å². The average Bonchev–Trinajstić information content (AvgIpc) is 3.03. The summed E-state index contributed by atoms with van der Waals surface area (Å²) in [6.45, 7) is 3.87. The number of carbonyl (C=O) groups is 2. The number of nitrogens with one attached hydrogen (secondary N) is 2. The molecule has 0 radical (unpaired) electrons. The highest BCUT2D eigenvalue weighted by Gasteiger charge is 2.18. The first-order valence-corrected chi connectivity index (χ1v) is 8.43. The first kappa shape index (κ1) is 21.3. The molecule has 1 aliphatic rings. The lowest BCUT2D eigenvalue weighted by atomic mass is 10.1. The summed E-state index contributed by atoms with van der Waals surface area (Å²) in [5.41, 5.74) is 6.64. The Bertz CT molecular complexity index is 905. The molecule has 2 aromatic rings. The molecule has 9 heteroatoms. The predicted octanol–water partition coefficient (Wildman–Crippen LogP) is 3.80. The molecule has 1 heterocycles. The third-order valence-corrected chi connectivity index (χ3v) is 3.89. The zero-order valence-corrected chi connectivity index (χ0v) is 16.2. The largest absolute Gasteiger partial charge is 0.454 e. The maximum absolute atomic E-state index is 14.3. The zero-order chi connectivity index (χ0) is 19.6. The van der Waals surface area contributed by atoms with Crippen LogP contribution in [0.25, 0.3) is 0 Å². The predicted molar refractivity (Wildman–Crippen MR) is 107 cm³/mol. The molecule has 1 aliphatic heterocycles. The summed E-state index contributed by atoms with van der Waals surface area (Å²) in [5.74, 6) is -0.399. The summed E-state index contributed by atoms with van der Waals surface area (Å²) in [5, 5.41) is 5.11. The Kier molecular flexibility index (Phi) is 6.69. The highest BCUT2D eigenvalue weighted by atomic mass is 35.5. The second-order valence-corrected chi connectivity index (χ2v) is 6.59. The molecule has 0 spiro atoms. The number of hydrogen-bond acceptors (Lipinski definition) is 5. The molecule has 7 nitrogen and oxygen atoms in total. The second-order valence-electron chi connectivity index (χ2n) is 6.59. The van der Waals surface area contributed by atoms with Gasteiger partial charge < -0.3 is 25.8 Å². The Hall–Kier alpha value is -3.00. The minimum absolute atomic E-state index is 0. The van der Waals surface area contributed by atoms with E-state index in [1.165, 1.54) is 12.1 Å². The molecule has 0 atom stereocenters. The van der Waals surface area contributed by atoms with Crippen molar-refractivity contribution in [2.24, 2.45) is 5.92 Å². The van der Waals surface area contributed by atoms with Crippen molar-refractivity contribution >= 4 is 41.3 Å². The van der Waals surface area contributed by atoms with Crippen LogP contribution in [0.1, 0.15) is 30.6 Å². The highest BCUT2D eigenvalue weighted by molar-refractivity contribution is 6.06. The van der Waals surface area contributed by atoms with Gasteiger partial charge in [-0.15, -0.1) is 12.4 Å². The number of rotatable bonds is 5. The standard InChI is InChI=1S/C19H20FN3O4.ClH/c1-10(2)5-18(24)22-14-4-3-11(6-12(14)20)19(25)23-15-8-17-16(7-13(15)21)26-9-27-17;/h3-4,6-8,10H,5,9,21H2,1-2H3,(H,22,24)(H,23,25);1H. The molecule has 0 saturated heterocycles. The lowest BCUT2D eigenvalue weighted by molar-refractivity contribution is -0.116. The van der Waals surface area contributed by atoms with E-state index in [-0.39, 0.29) is 48.7 Å². The molecule has 0 aromatic heterocycles. The molecule has 3 rings (SSSR count). The number of carbonyl (C=O) groups excluding carboxylic acids is 2. The molecule has 4 N–H and O–H groups in total. The van der Waals surface area contributed by atoms with E-state index in [4.69, 9.17) is 15.2 Å². The Morgan fingerprint density at radius 1 is 1.11 bits per heavy atom. The van der Waals surface area contributed by atoms with Crippen LogP contribution >= 0.6 is 12.4 Å². The van der Waals surface area contributed by atoms with Crippen LogP contribution in [-0.2, 0) is 4.79 Å². The quantitative estimate of drug-likeness (QED) is 0.652. The molecule has 0 bridgehead atoms. The average molecular weight is 410 g/mol. The van der Waals surface area contributed by atoms with Crippen LogP contribution in [0.3, 0.4) is 0 Å². The molecule has 2 aromatic carbocycles. The van der Waals surface area contributed by atoms with Gasteiger partial charge in [0.1, 0.15) is 5.82 Å². The fourth-order valence-electron chi connectivity index (χ4n) is 2.59. The summed E-state index contributed by atoms with van der Waals surface area (Å²) in [7, 11) is 0. The molecule has 2 amide bonds. The first-order valence-electron chi connectivity index (χ1n) is 8.43. The topological polar surface area (TPSA) is 103 Å². The van der Waals surface area contributed by atoms with E-state index in [0.29, 0.717) is 22.9 Å². The molecule has 0 aliphatic carbocycles. The molecule has 150 valence electrons. The summed E-state index contributed by atoms with van der Waals surface area (Å²) in [4.78, 5) is 24.2. The molecule has 0 saturated carbocycles. The zero-order valence-electron chi connectivity index (χ0n) is 15.4. The van der Waals surface area contributed by atoms with E-state index < -0.39 is 11.7 Å². The van der Waals surface area contributed by atoms with Gasteiger partial charge in [-0.1, -0.05) is 13.8 Å². The summed E-state index contributed by atoms with van der Waals surface area (Å²) >= 11 is 0. The number of ether oxygens (including phenoxy) is 2. The molecular formula is C19H21ClFN3O4. The van der Waals surface area contributed by atoms with Crippen LogP contribution < -0.4 is 25.8 Å². The van der Waals surface area contributed by atoms with E-state index in [1.807, 2.05) is 13.8 Å².